The second-order valence-electron chi connectivity index (χ2n) is 3.89. The monoisotopic (exact) mass is 210 g/mol. The number of rotatable bonds is 0. The zero-order valence-corrected chi connectivity index (χ0v) is 8.77. The number of nitrogens with one attached hydrogen (secondary N) is 2. The van der Waals surface area contributed by atoms with E-state index in [2.05, 4.69) is 10.6 Å². The highest BCUT2D eigenvalue weighted by Gasteiger charge is 2.30. The van der Waals surface area contributed by atoms with E-state index in [1.54, 1.807) is 6.07 Å². The minimum absolute atomic E-state index is 0.176. The van der Waals surface area contributed by atoms with Crippen LogP contribution in [0.3, 0.4) is 0 Å². The fourth-order valence-corrected chi connectivity index (χ4v) is 1.82. The van der Waals surface area contributed by atoms with Gasteiger partial charge in [-0.2, -0.15) is 0 Å². The summed E-state index contributed by atoms with van der Waals surface area (Å²) < 4.78 is 0. The summed E-state index contributed by atoms with van der Waals surface area (Å²) in [4.78, 5) is 11.3. The summed E-state index contributed by atoms with van der Waals surface area (Å²) in [6, 6.07) is 5.27. The van der Waals surface area contributed by atoms with Gasteiger partial charge in [0, 0.05) is 16.3 Å². The number of carbonyl (C=O) groups is 1. The first-order valence-electron chi connectivity index (χ1n) is 4.38. The normalized spacial score (nSPS) is 18.1. The lowest BCUT2D eigenvalue weighted by molar-refractivity contribution is 0.239. The maximum Gasteiger partial charge on any atom is 0.319 e. The number of amides is 2. The highest BCUT2D eigenvalue weighted by atomic mass is 35.5. The minimum atomic E-state index is -0.372. The molecule has 0 aliphatic carbocycles. The molecule has 2 N–H and O–H groups in total. The van der Waals surface area contributed by atoms with Gasteiger partial charge in [-0.1, -0.05) is 11.6 Å². The molecular formula is C10H11ClN2O. The van der Waals surface area contributed by atoms with E-state index in [0.29, 0.717) is 5.02 Å². The van der Waals surface area contributed by atoms with Crippen LogP contribution in [0.25, 0.3) is 0 Å². The lowest BCUT2D eigenvalue weighted by Crippen LogP contribution is -2.47. The average Bonchev–Trinajstić information content (AvgIpc) is 2.05. The Morgan fingerprint density at radius 3 is 2.79 bits per heavy atom. The lowest BCUT2D eigenvalue weighted by Gasteiger charge is -2.33. The van der Waals surface area contributed by atoms with Crippen LogP contribution in [0.15, 0.2) is 18.2 Å². The zero-order chi connectivity index (χ0) is 10.3. The van der Waals surface area contributed by atoms with Gasteiger partial charge in [0.1, 0.15) is 0 Å². The van der Waals surface area contributed by atoms with Gasteiger partial charge in [0.2, 0.25) is 0 Å². The Balaban J connectivity index is 2.58. The van der Waals surface area contributed by atoms with Crippen molar-refractivity contribution < 1.29 is 4.79 Å². The molecule has 2 rings (SSSR count). The predicted molar refractivity (Wildman–Crippen MR) is 56.6 cm³/mol. The van der Waals surface area contributed by atoms with Gasteiger partial charge >= 0.3 is 6.03 Å². The Bertz CT molecular complexity index is 401. The molecule has 0 radical (unpaired) electrons. The molecule has 0 fully saturated rings. The molecule has 1 aliphatic heterocycles. The van der Waals surface area contributed by atoms with E-state index >= 15 is 0 Å². The van der Waals surface area contributed by atoms with Crippen molar-refractivity contribution in [3.05, 3.63) is 28.8 Å². The predicted octanol–water partition coefficient (Wildman–Crippen LogP) is 2.71. The SMILES string of the molecule is CC1(C)NC(=O)Nc2ccc(Cl)cc21. The quantitative estimate of drug-likeness (QED) is 0.679. The van der Waals surface area contributed by atoms with Crippen LogP contribution in [0.2, 0.25) is 5.02 Å². The molecule has 0 unspecified atom stereocenters. The van der Waals surface area contributed by atoms with Crippen molar-refractivity contribution in [2.45, 2.75) is 19.4 Å². The van der Waals surface area contributed by atoms with Crippen molar-refractivity contribution in [2.24, 2.45) is 0 Å². The summed E-state index contributed by atoms with van der Waals surface area (Å²) in [5.74, 6) is 0. The molecule has 3 nitrogen and oxygen atoms in total. The molecule has 4 heteroatoms. The molecule has 14 heavy (non-hydrogen) atoms. The molecule has 1 aliphatic rings. The van der Waals surface area contributed by atoms with Gasteiger partial charge in [0.25, 0.3) is 0 Å². The molecule has 0 saturated heterocycles. The van der Waals surface area contributed by atoms with Crippen molar-refractivity contribution in [1.82, 2.24) is 5.32 Å². The van der Waals surface area contributed by atoms with E-state index in [1.165, 1.54) is 0 Å². The van der Waals surface area contributed by atoms with Gasteiger partial charge in [-0.3, -0.25) is 0 Å². The molecule has 0 atom stereocenters. The average molecular weight is 211 g/mol. The number of anilines is 1. The molecule has 0 bridgehead atoms. The van der Waals surface area contributed by atoms with Crippen LogP contribution in [0, 0.1) is 0 Å². The highest BCUT2D eigenvalue weighted by molar-refractivity contribution is 6.30. The van der Waals surface area contributed by atoms with E-state index in [4.69, 9.17) is 11.6 Å². The molecule has 0 saturated carbocycles. The molecule has 1 aromatic carbocycles. The lowest BCUT2D eigenvalue weighted by atomic mass is 9.91. The van der Waals surface area contributed by atoms with E-state index in [9.17, 15) is 4.79 Å². The fourth-order valence-electron chi connectivity index (χ4n) is 1.65. The standard InChI is InChI=1S/C10H11ClN2O/c1-10(2)7-5-6(11)3-4-8(7)12-9(14)13-10/h3-5H,1-2H3,(H2,12,13,14). The van der Waals surface area contributed by atoms with Gasteiger partial charge in [0.05, 0.1) is 5.54 Å². The molecular weight excluding hydrogens is 200 g/mol. The summed E-state index contributed by atoms with van der Waals surface area (Å²) in [7, 11) is 0. The largest absolute Gasteiger partial charge is 0.329 e. The first-order chi connectivity index (χ1) is 6.49. The van der Waals surface area contributed by atoms with E-state index in [1.807, 2.05) is 26.0 Å². The number of hydrogen-bond donors (Lipinski definition) is 2. The van der Waals surface area contributed by atoms with Gasteiger partial charge in [-0.15, -0.1) is 0 Å². The third-order valence-corrected chi connectivity index (χ3v) is 2.56. The zero-order valence-electron chi connectivity index (χ0n) is 8.02. The maximum absolute atomic E-state index is 11.3. The Morgan fingerprint density at radius 1 is 1.36 bits per heavy atom. The fraction of sp³-hybridized carbons (Fsp3) is 0.300. The third-order valence-electron chi connectivity index (χ3n) is 2.33. The number of urea groups is 1. The molecule has 1 heterocycles. The third kappa shape index (κ3) is 1.44. The van der Waals surface area contributed by atoms with Gasteiger partial charge in [-0.05, 0) is 32.0 Å². The first-order valence-corrected chi connectivity index (χ1v) is 4.76. The van der Waals surface area contributed by atoms with E-state index in [-0.39, 0.29) is 11.6 Å². The van der Waals surface area contributed by atoms with E-state index in [0.717, 1.165) is 11.3 Å². The van der Waals surface area contributed by atoms with Crippen molar-refractivity contribution in [1.29, 1.82) is 0 Å². The van der Waals surface area contributed by atoms with Crippen molar-refractivity contribution in [3.8, 4) is 0 Å². The van der Waals surface area contributed by atoms with Gasteiger partial charge in [0.15, 0.2) is 0 Å². The van der Waals surface area contributed by atoms with Gasteiger partial charge < -0.3 is 10.6 Å². The highest BCUT2D eigenvalue weighted by Crippen LogP contribution is 2.33. The minimum Gasteiger partial charge on any atom is -0.329 e. The second-order valence-corrected chi connectivity index (χ2v) is 4.33. The van der Waals surface area contributed by atoms with E-state index < -0.39 is 0 Å². The van der Waals surface area contributed by atoms with Crippen molar-refractivity contribution >= 4 is 23.3 Å². The van der Waals surface area contributed by atoms with Crippen LogP contribution in [-0.2, 0) is 5.54 Å². The topological polar surface area (TPSA) is 41.1 Å². The summed E-state index contributed by atoms with van der Waals surface area (Å²) >= 11 is 5.90. The second kappa shape index (κ2) is 2.89. The summed E-state index contributed by atoms with van der Waals surface area (Å²) in [5.41, 5.74) is 1.45. The first kappa shape index (κ1) is 9.34. The molecule has 2 amide bonds. The maximum atomic E-state index is 11.3. The van der Waals surface area contributed by atoms with Crippen LogP contribution in [-0.4, -0.2) is 6.03 Å². The Kier molecular flexibility index (Phi) is 1.93. The van der Waals surface area contributed by atoms with Crippen LogP contribution in [0.1, 0.15) is 19.4 Å². The Morgan fingerprint density at radius 2 is 2.07 bits per heavy atom. The molecule has 1 aromatic rings. The molecule has 0 spiro atoms. The van der Waals surface area contributed by atoms with Crippen molar-refractivity contribution in [2.75, 3.05) is 5.32 Å². The van der Waals surface area contributed by atoms with Gasteiger partial charge in [-0.25, -0.2) is 4.79 Å². The summed E-state index contributed by atoms with van der Waals surface area (Å²) in [6.45, 7) is 3.89. The number of hydrogen-bond acceptors (Lipinski definition) is 1. The smallest absolute Gasteiger partial charge is 0.319 e. The van der Waals surface area contributed by atoms with Crippen molar-refractivity contribution in [3.63, 3.8) is 0 Å². The van der Waals surface area contributed by atoms with Crippen LogP contribution >= 0.6 is 11.6 Å². The molecule has 74 valence electrons. The molecule has 0 aromatic heterocycles. The summed E-state index contributed by atoms with van der Waals surface area (Å²) in [5, 5.41) is 6.24. The number of carbonyl (C=O) groups excluding carboxylic acids is 1. The van der Waals surface area contributed by atoms with Crippen LogP contribution in [0.4, 0.5) is 10.5 Å². The van der Waals surface area contributed by atoms with Crippen LogP contribution < -0.4 is 10.6 Å². The Hall–Kier alpha value is -1.22. The van der Waals surface area contributed by atoms with Crippen LogP contribution in [0.5, 0.6) is 0 Å². The number of halogens is 1. The Labute approximate surface area is 87.4 Å². The number of fused-ring (bicyclic) bond motifs is 1. The number of benzene rings is 1. The summed E-state index contributed by atoms with van der Waals surface area (Å²) in [6.07, 6.45) is 0.